The highest BCUT2D eigenvalue weighted by Crippen LogP contribution is 2.38. The summed E-state index contributed by atoms with van der Waals surface area (Å²) in [6.45, 7) is 5.10. The smallest absolute Gasteiger partial charge is 0.278 e. The molecule has 5 nitrogen and oxygen atoms in total. The SMILES string of the molecule is COc1ccc(CCN2C(=O)C(c3ccc(C)c(C)c3)=C(N3CCc4ccccc43)C2=O)cc1. The lowest BCUT2D eigenvalue weighted by Crippen LogP contribution is -2.36. The molecular weight excluding hydrogens is 424 g/mol. The molecule has 0 aliphatic carbocycles. The summed E-state index contributed by atoms with van der Waals surface area (Å²) in [4.78, 5) is 30.9. The Morgan fingerprint density at radius 3 is 2.38 bits per heavy atom. The Morgan fingerprint density at radius 2 is 1.65 bits per heavy atom. The van der Waals surface area contributed by atoms with E-state index in [4.69, 9.17) is 4.74 Å². The van der Waals surface area contributed by atoms with Gasteiger partial charge < -0.3 is 9.64 Å². The lowest BCUT2D eigenvalue weighted by Gasteiger charge is -2.22. The zero-order valence-corrected chi connectivity index (χ0v) is 19.8. The van der Waals surface area contributed by atoms with Crippen LogP contribution in [0.1, 0.15) is 27.8 Å². The Labute approximate surface area is 200 Å². The predicted molar refractivity (Wildman–Crippen MR) is 134 cm³/mol. The van der Waals surface area contributed by atoms with Crippen molar-refractivity contribution >= 4 is 23.1 Å². The van der Waals surface area contributed by atoms with E-state index in [0.29, 0.717) is 30.8 Å². The quantitative estimate of drug-likeness (QED) is 0.509. The van der Waals surface area contributed by atoms with E-state index in [1.54, 1.807) is 7.11 Å². The van der Waals surface area contributed by atoms with Crippen molar-refractivity contribution in [2.75, 3.05) is 25.1 Å². The summed E-state index contributed by atoms with van der Waals surface area (Å²) in [7, 11) is 1.63. The standard InChI is InChI=1S/C29H28N2O3/c1-19-8-11-23(18-20(19)2)26-27(30-17-15-22-6-4-5-7-25(22)30)29(33)31(28(26)32)16-14-21-9-12-24(34-3)13-10-21/h4-13,18H,14-17H2,1-3H3. The minimum atomic E-state index is -0.221. The number of imide groups is 1. The minimum absolute atomic E-state index is 0.219. The van der Waals surface area contributed by atoms with Gasteiger partial charge in [-0.1, -0.05) is 48.5 Å². The van der Waals surface area contributed by atoms with Crippen molar-refractivity contribution in [3.63, 3.8) is 0 Å². The minimum Gasteiger partial charge on any atom is -0.497 e. The van der Waals surface area contributed by atoms with Gasteiger partial charge in [0.05, 0.1) is 12.7 Å². The van der Waals surface area contributed by atoms with E-state index in [9.17, 15) is 9.59 Å². The number of aryl methyl sites for hydroxylation is 2. The number of carbonyl (C=O) groups excluding carboxylic acids is 2. The van der Waals surface area contributed by atoms with Crippen LogP contribution in [0.4, 0.5) is 5.69 Å². The number of methoxy groups -OCH3 is 1. The number of para-hydroxylation sites is 1. The number of nitrogens with zero attached hydrogens (tertiary/aromatic N) is 2. The van der Waals surface area contributed by atoms with Crippen molar-refractivity contribution in [2.45, 2.75) is 26.7 Å². The molecule has 172 valence electrons. The maximum atomic E-state index is 13.8. The van der Waals surface area contributed by atoms with E-state index in [-0.39, 0.29) is 11.8 Å². The van der Waals surface area contributed by atoms with Crippen LogP contribution < -0.4 is 9.64 Å². The molecule has 2 aliphatic rings. The van der Waals surface area contributed by atoms with Crippen molar-refractivity contribution in [3.8, 4) is 5.75 Å². The predicted octanol–water partition coefficient (Wildman–Crippen LogP) is 4.70. The molecule has 0 radical (unpaired) electrons. The molecule has 0 spiro atoms. The summed E-state index contributed by atoms with van der Waals surface area (Å²) in [5, 5.41) is 0. The summed E-state index contributed by atoms with van der Waals surface area (Å²) in [6.07, 6.45) is 1.44. The highest BCUT2D eigenvalue weighted by atomic mass is 16.5. The number of anilines is 1. The summed E-state index contributed by atoms with van der Waals surface area (Å²) in [6, 6.07) is 21.9. The van der Waals surface area contributed by atoms with Crippen molar-refractivity contribution in [1.29, 1.82) is 0 Å². The molecule has 2 amide bonds. The lowest BCUT2D eigenvalue weighted by molar-refractivity contribution is -0.136. The number of ether oxygens (including phenoxy) is 1. The fraction of sp³-hybridized carbons (Fsp3) is 0.241. The molecule has 34 heavy (non-hydrogen) atoms. The van der Waals surface area contributed by atoms with Gasteiger partial charge in [0.15, 0.2) is 0 Å². The first-order chi connectivity index (χ1) is 16.5. The molecule has 0 bridgehead atoms. The van der Waals surface area contributed by atoms with E-state index in [0.717, 1.165) is 40.1 Å². The molecule has 0 unspecified atom stereocenters. The zero-order chi connectivity index (χ0) is 23.8. The van der Waals surface area contributed by atoms with Crippen LogP contribution in [0.5, 0.6) is 5.75 Å². The largest absolute Gasteiger partial charge is 0.497 e. The molecule has 0 atom stereocenters. The number of amides is 2. The first-order valence-electron chi connectivity index (χ1n) is 11.6. The molecule has 5 heteroatoms. The summed E-state index contributed by atoms with van der Waals surface area (Å²) < 4.78 is 5.23. The van der Waals surface area contributed by atoms with Gasteiger partial charge >= 0.3 is 0 Å². The lowest BCUT2D eigenvalue weighted by atomic mass is 9.99. The van der Waals surface area contributed by atoms with Crippen LogP contribution in [0.2, 0.25) is 0 Å². The number of benzene rings is 3. The Hall–Kier alpha value is -3.86. The topological polar surface area (TPSA) is 49.9 Å². The second-order valence-electron chi connectivity index (χ2n) is 8.91. The molecule has 5 rings (SSSR count). The fourth-order valence-corrected chi connectivity index (χ4v) is 4.78. The molecule has 3 aromatic rings. The molecule has 0 fully saturated rings. The second-order valence-corrected chi connectivity index (χ2v) is 8.91. The number of carbonyl (C=O) groups is 2. The molecule has 0 aromatic heterocycles. The molecular formula is C29H28N2O3. The Bertz CT molecular complexity index is 1310. The fourth-order valence-electron chi connectivity index (χ4n) is 4.78. The van der Waals surface area contributed by atoms with Gasteiger partial charge in [0, 0.05) is 18.8 Å². The molecule has 0 saturated heterocycles. The average molecular weight is 453 g/mol. The molecule has 2 heterocycles. The monoisotopic (exact) mass is 452 g/mol. The van der Waals surface area contributed by atoms with E-state index >= 15 is 0 Å². The Morgan fingerprint density at radius 1 is 0.882 bits per heavy atom. The van der Waals surface area contributed by atoms with E-state index in [1.165, 1.54) is 10.5 Å². The average Bonchev–Trinajstić information content (AvgIpc) is 3.38. The van der Waals surface area contributed by atoms with Gasteiger partial charge in [-0.3, -0.25) is 14.5 Å². The summed E-state index contributed by atoms with van der Waals surface area (Å²) >= 11 is 0. The second kappa shape index (κ2) is 8.82. The summed E-state index contributed by atoms with van der Waals surface area (Å²) in [5.74, 6) is 0.343. The van der Waals surface area contributed by atoms with Crippen LogP contribution in [0.3, 0.4) is 0 Å². The van der Waals surface area contributed by atoms with Crippen LogP contribution in [0, 0.1) is 13.8 Å². The van der Waals surface area contributed by atoms with Gasteiger partial charge in [-0.25, -0.2) is 0 Å². The Kier molecular flexibility index (Phi) is 5.70. The van der Waals surface area contributed by atoms with Gasteiger partial charge in [0.1, 0.15) is 11.4 Å². The maximum Gasteiger partial charge on any atom is 0.278 e. The first kappa shape index (κ1) is 22.0. The third-order valence-electron chi connectivity index (χ3n) is 6.88. The van der Waals surface area contributed by atoms with Crippen molar-refractivity contribution in [3.05, 3.63) is 100 Å². The first-order valence-corrected chi connectivity index (χ1v) is 11.6. The van der Waals surface area contributed by atoms with E-state index in [1.807, 2.05) is 79.4 Å². The molecule has 3 aromatic carbocycles. The van der Waals surface area contributed by atoms with Crippen LogP contribution in [0.15, 0.2) is 72.4 Å². The number of hydrogen-bond acceptors (Lipinski definition) is 4. The van der Waals surface area contributed by atoms with Crippen molar-refractivity contribution < 1.29 is 14.3 Å². The van der Waals surface area contributed by atoms with Gasteiger partial charge in [-0.15, -0.1) is 0 Å². The van der Waals surface area contributed by atoms with Crippen LogP contribution >= 0.6 is 0 Å². The Balaban J connectivity index is 1.52. The van der Waals surface area contributed by atoms with Crippen LogP contribution in [-0.4, -0.2) is 36.9 Å². The highest BCUT2D eigenvalue weighted by Gasteiger charge is 2.43. The van der Waals surface area contributed by atoms with Crippen molar-refractivity contribution in [1.82, 2.24) is 4.90 Å². The van der Waals surface area contributed by atoms with Crippen LogP contribution in [0.25, 0.3) is 5.57 Å². The van der Waals surface area contributed by atoms with Gasteiger partial charge in [-0.05, 0) is 72.7 Å². The summed E-state index contributed by atoms with van der Waals surface area (Å²) in [5.41, 5.74) is 7.31. The number of fused-ring (bicyclic) bond motifs is 1. The normalized spacial score (nSPS) is 15.4. The van der Waals surface area contributed by atoms with Crippen molar-refractivity contribution in [2.24, 2.45) is 0 Å². The zero-order valence-electron chi connectivity index (χ0n) is 19.8. The molecule has 2 aliphatic heterocycles. The number of rotatable bonds is 6. The third-order valence-corrected chi connectivity index (χ3v) is 6.88. The third kappa shape index (κ3) is 3.77. The van der Waals surface area contributed by atoms with Crippen LogP contribution in [-0.2, 0) is 22.4 Å². The van der Waals surface area contributed by atoms with E-state index in [2.05, 4.69) is 6.07 Å². The number of hydrogen-bond donors (Lipinski definition) is 0. The molecule has 0 saturated carbocycles. The highest BCUT2D eigenvalue weighted by molar-refractivity contribution is 6.36. The molecule has 0 N–H and O–H groups in total. The van der Waals surface area contributed by atoms with Gasteiger partial charge in [0.2, 0.25) is 0 Å². The van der Waals surface area contributed by atoms with Gasteiger partial charge in [-0.2, -0.15) is 0 Å². The maximum absolute atomic E-state index is 13.8. The van der Waals surface area contributed by atoms with E-state index < -0.39 is 0 Å². The van der Waals surface area contributed by atoms with Gasteiger partial charge in [0.25, 0.3) is 11.8 Å².